The molecule has 0 saturated heterocycles. The quantitative estimate of drug-likeness (QED) is 0.632. The van der Waals surface area contributed by atoms with Gasteiger partial charge >= 0.3 is 0 Å². The number of benzene rings is 2. The Morgan fingerprint density at radius 2 is 1.78 bits per heavy atom. The number of nitrogens with one attached hydrogen (secondary N) is 1. The van der Waals surface area contributed by atoms with Crippen molar-refractivity contribution in [1.29, 1.82) is 0 Å². The summed E-state index contributed by atoms with van der Waals surface area (Å²) < 4.78 is 7.35. The van der Waals surface area contributed by atoms with Gasteiger partial charge in [-0.15, -0.1) is 0 Å². The van der Waals surface area contributed by atoms with E-state index in [1.165, 1.54) is 0 Å². The van der Waals surface area contributed by atoms with Crippen LogP contribution in [0.1, 0.15) is 29.4 Å². The van der Waals surface area contributed by atoms with E-state index in [-0.39, 0.29) is 5.91 Å². The van der Waals surface area contributed by atoms with E-state index in [0.717, 1.165) is 34.8 Å². The molecule has 1 amide bonds. The van der Waals surface area contributed by atoms with Crippen LogP contribution in [0.25, 0.3) is 16.9 Å². The van der Waals surface area contributed by atoms with Gasteiger partial charge in [0.1, 0.15) is 5.75 Å². The molecule has 1 N–H and O–H groups in total. The highest BCUT2D eigenvalue weighted by Gasteiger charge is 2.19. The first-order valence-corrected chi connectivity index (χ1v) is 9.34. The summed E-state index contributed by atoms with van der Waals surface area (Å²) in [7, 11) is 1.64. The lowest BCUT2D eigenvalue weighted by Crippen LogP contribution is -2.24. The number of hydrogen-bond acceptors (Lipinski definition) is 2. The molecule has 0 radical (unpaired) electrons. The molecule has 0 atom stereocenters. The SMILES string of the molecule is CCCNC(=O)c1cc(-c2ccc(Cl)cc2)n(-c2ccc(OC)cc2)c1C. The molecule has 0 aliphatic carbocycles. The van der Waals surface area contributed by atoms with Gasteiger partial charge < -0.3 is 14.6 Å². The molecule has 2 aromatic carbocycles. The minimum atomic E-state index is -0.0585. The van der Waals surface area contributed by atoms with Crippen molar-refractivity contribution in [3.63, 3.8) is 0 Å². The summed E-state index contributed by atoms with van der Waals surface area (Å²) in [4.78, 5) is 12.6. The second-order valence-electron chi connectivity index (χ2n) is 6.32. The standard InChI is InChI=1S/C22H23ClN2O2/c1-4-13-24-22(26)20-14-21(16-5-7-17(23)8-6-16)25(15(20)2)18-9-11-19(27-3)12-10-18/h5-12,14H,4,13H2,1-3H3,(H,24,26). The number of hydrogen-bond donors (Lipinski definition) is 1. The zero-order chi connectivity index (χ0) is 19.4. The zero-order valence-corrected chi connectivity index (χ0v) is 16.5. The summed E-state index contributed by atoms with van der Waals surface area (Å²) in [5, 5.41) is 3.65. The molecule has 0 aliphatic rings. The van der Waals surface area contributed by atoms with Crippen LogP contribution in [0.15, 0.2) is 54.6 Å². The van der Waals surface area contributed by atoms with Crippen molar-refractivity contribution in [2.24, 2.45) is 0 Å². The molecule has 4 nitrogen and oxygen atoms in total. The fourth-order valence-corrected chi connectivity index (χ4v) is 3.19. The predicted molar refractivity (Wildman–Crippen MR) is 110 cm³/mol. The monoisotopic (exact) mass is 382 g/mol. The van der Waals surface area contributed by atoms with Gasteiger partial charge in [0, 0.05) is 22.9 Å². The predicted octanol–water partition coefficient (Wildman–Crippen LogP) is 5.25. The highest BCUT2D eigenvalue weighted by molar-refractivity contribution is 6.30. The zero-order valence-electron chi connectivity index (χ0n) is 15.8. The third-order valence-electron chi connectivity index (χ3n) is 4.50. The topological polar surface area (TPSA) is 43.3 Å². The molecule has 5 heteroatoms. The second kappa shape index (κ2) is 8.31. The van der Waals surface area contributed by atoms with E-state index < -0.39 is 0 Å². The highest BCUT2D eigenvalue weighted by atomic mass is 35.5. The van der Waals surface area contributed by atoms with Crippen molar-refractivity contribution in [3.05, 3.63) is 70.9 Å². The molecule has 0 saturated carbocycles. The van der Waals surface area contributed by atoms with Crippen LogP contribution in [0.4, 0.5) is 0 Å². The van der Waals surface area contributed by atoms with Gasteiger partial charge in [-0.3, -0.25) is 4.79 Å². The fourth-order valence-electron chi connectivity index (χ4n) is 3.07. The van der Waals surface area contributed by atoms with Crippen molar-refractivity contribution < 1.29 is 9.53 Å². The van der Waals surface area contributed by atoms with E-state index in [1.807, 2.05) is 68.4 Å². The Morgan fingerprint density at radius 3 is 2.37 bits per heavy atom. The van der Waals surface area contributed by atoms with Crippen LogP contribution in [0, 0.1) is 6.92 Å². The van der Waals surface area contributed by atoms with Gasteiger partial charge in [0.2, 0.25) is 0 Å². The normalized spacial score (nSPS) is 10.7. The molecule has 140 valence electrons. The molecule has 3 aromatic rings. The first kappa shape index (κ1) is 19.1. The van der Waals surface area contributed by atoms with Crippen LogP contribution in [0.5, 0.6) is 5.75 Å². The van der Waals surface area contributed by atoms with Crippen molar-refractivity contribution in [3.8, 4) is 22.7 Å². The van der Waals surface area contributed by atoms with E-state index in [9.17, 15) is 4.79 Å². The average molecular weight is 383 g/mol. The molecule has 1 aromatic heterocycles. The van der Waals surface area contributed by atoms with Gasteiger partial charge in [0.05, 0.1) is 18.4 Å². The molecular formula is C22H23ClN2O2. The smallest absolute Gasteiger partial charge is 0.253 e. The lowest BCUT2D eigenvalue weighted by molar-refractivity contribution is 0.0953. The summed E-state index contributed by atoms with van der Waals surface area (Å²) >= 11 is 6.05. The van der Waals surface area contributed by atoms with Gasteiger partial charge in [-0.05, 0) is 61.4 Å². The number of carbonyl (C=O) groups excluding carboxylic acids is 1. The maximum absolute atomic E-state index is 12.6. The van der Waals surface area contributed by atoms with Crippen molar-refractivity contribution in [2.75, 3.05) is 13.7 Å². The van der Waals surface area contributed by atoms with Gasteiger partial charge in [-0.2, -0.15) is 0 Å². The Hall–Kier alpha value is -2.72. The number of amides is 1. The Balaban J connectivity index is 2.14. The minimum absolute atomic E-state index is 0.0585. The number of carbonyl (C=O) groups is 1. The van der Waals surface area contributed by atoms with Crippen LogP contribution in [-0.2, 0) is 0 Å². The van der Waals surface area contributed by atoms with Gasteiger partial charge in [-0.25, -0.2) is 0 Å². The number of ether oxygens (including phenoxy) is 1. The fraction of sp³-hybridized carbons (Fsp3) is 0.227. The maximum Gasteiger partial charge on any atom is 0.253 e. The summed E-state index contributed by atoms with van der Waals surface area (Å²) in [6.07, 6.45) is 0.897. The van der Waals surface area contributed by atoms with Crippen molar-refractivity contribution in [1.82, 2.24) is 9.88 Å². The maximum atomic E-state index is 12.6. The molecule has 0 spiro atoms. The summed E-state index contributed by atoms with van der Waals surface area (Å²) in [5.41, 5.74) is 4.46. The molecule has 1 heterocycles. The Kier molecular flexibility index (Phi) is 5.87. The van der Waals surface area contributed by atoms with Gasteiger partial charge in [0.15, 0.2) is 0 Å². The highest BCUT2D eigenvalue weighted by Crippen LogP contribution is 2.31. The van der Waals surface area contributed by atoms with Crippen LogP contribution in [-0.4, -0.2) is 24.1 Å². The van der Waals surface area contributed by atoms with Crippen LogP contribution in [0.3, 0.4) is 0 Å². The van der Waals surface area contributed by atoms with Crippen LogP contribution >= 0.6 is 11.6 Å². The third kappa shape index (κ3) is 4.01. The lowest BCUT2D eigenvalue weighted by Gasteiger charge is -2.13. The molecule has 0 aliphatic heterocycles. The first-order chi connectivity index (χ1) is 13.0. The molecule has 3 rings (SSSR count). The first-order valence-electron chi connectivity index (χ1n) is 8.96. The van der Waals surface area contributed by atoms with Crippen molar-refractivity contribution in [2.45, 2.75) is 20.3 Å². The summed E-state index contributed by atoms with van der Waals surface area (Å²) in [5.74, 6) is 0.731. The number of aromatic nitrogens is 1. The van der Waals surface area contributed by atoms with E-state index in [4.69, 9.17) is 16.3 Å². The Morgan fingerprint density at radius 1 is 1.11 bits per heavy atom. The number of halogens is 1. The Bertz CT molecular complexity index is 928. The van der Waals surface area contributed by atoms with Gasteiger partial charge in [-0.1, -0.05) is 30.7 Å². The Labute approximate surface area is 164 Å². The van der Waals surface area contributed by atoms with E-state index >= 15 is 0 Å². The van der Waals surface area contributed by atoms with Crippen LogP contribution < -0.4 is 10.1 Å². The molecule has 0 bridgehead atoms. The molecular weight excluding hydrogens is 360 g/mol. The number of methoxy groups -OCH3 is 1. The van der Waals surface area contributed by atoms with Crippen LogP contribution in [0.2, 0.25) is 5.02 Å². The lowest BCUT2D eigenvalue weighted by atomic mass is 10.1. The van der Waals surface area contributed by atoms with E-state index in [0.29, 0.717) is 17.1 Å². The molecule has 27 heavy (non-hydrogen) atoms. The van der Waals surface area contributed by atoms with E-state index in [2.05, 4.69) is 9.88 Å². The molecule has 0 unspecified atom stereocenters. The molecule has 0 fully saturated rings. The number of rotatable bonds is 6. The third-order valence-corrected chi connectivity index (χ3v) is 4.75. The second-order valence-corrected chi connectivity index (χ2v) is 6.76. The average Bonchev–Trinajstić information content (AvgIpc) is 3.04. The largest absolute Gasteiger partial charge is 0.497 e. The summed E-state index contributed by atoms with van der Waals surface area (Å²) in [6, 6.07) is 17.4. The minimum Gasteiger partial charge on any atom is -0.497 e. The summed E-state index contributed by atoms with van der Waals surface area (Å²) in [6.45, 7) is 4.65. The van der Waals surface area contributed by atoms with E-state index in [1.54, 1.807) is 7.11 Å². The van der Waals surface area contributed by atoms with Gasteiger partial charge in [0.25, 0.3) is 5.91 Å². The number of nitrogens with zero attached hydrogens (tertiary/aromatic N) is 1. The van der Waals surface area contributed by atoms with Crippen molar-refractivity contribution >= 4 is 17.5 Å².